The van der Waals surface area contributed by atoms with E-state index in [9.17, 15) is 29.4 Å². The van der Waals surface area contributed by atoms with Crippen LogP contribution in [0.2, 0.25) is 0 Å². The van der Waals surface area contributed by atoms with Gasteiger partial charge in [-0.25, -0.2) is 4.79 Å². The molecular formula is C42H64O9. The first-order valence-corrected chi connectivity index (χ1v) is 19.2. The Hall–Kier alpha value is -2.52. The van der Waals surface area contributed by atoms with Crippen LogP contribution in [-0.4, -0.2) is 64.4 Å². The number of aliphatic hydroxyl groups excluding tert-OH is 2. The zero-order chi connectivity index (χ0) is 38.4. The Morgan fingerprint density at radius 3 is 2.10 bits per heavy atom. The number of rotatable bonds is 6. The van der Waals surface area contributed by atoms with Gasteiger partial charge < -0.3 is 24.4 Å². The van der Waals surface area contributed by atoms with Crippen molar-refractivity contribution in [2.75, 3.05) is 0 Å². The third kappa shape index (κ3) is 5.95. The van der Waals surface area contributed by atoms with Crippen LogP contribution in [0, 0.1) is 62.6 Å². The fraction of sp³-hybridized carbons (Fsp3) is 0.810. The minimum atomic E-state index is -1.21. The van der Waals surface area contributed by atoms with Crippen LogP contribution < -0.4 is 0 Å². The SMILES string of the molecule is C/C=C(/C)C(=O)OC1C=C2C3C(C)C(C)C(OC(=O)C(C)C(C)O)CC3(C)CCC2(C)C2(C)CC(OC(C)=O)C3C(C)(C)C(O)C(=O)CC3(C)C12. The second-order valence-electron chi connectivity index (χ2n) is 19.0. The van der Waals surface area contributed by atoms with Gasteiger partial charge >= 0.3 is 17.9 Å². The lowest BCUT2D eigenvalue weighted by Crippen LogP contribution is -2.72. The van der Waals surface area contributed by atoms with Crippen molar-refractivity contribution in [1.82, 2.24) is 0 Å². The predicted octanol–water partition coefficient (Wildman–Crippen LogP) is 6.77. The van der Waals surface area contributed by atoms with Gasteiger partial charge in [-0.1, -0.05) is 67.0 Å². The fourth-order valence-corrected chi connectivity index (χ4v) is 12.4. The molecule has 9 heteroatoms. The van der Waals surface area contributed by atoms with Crippen molar-refractivity contribution in [1.29, 1.82) is 0 Å². The molecule has 51 heavy (non-hydrogen) atoms. The van der Waals surface area contributed by atoms with Gasteiger partial charge in [0.15, 0.2) is 5.78 Å². The number of carbonyl (C=O) groups is 4. The predicted molar refractivity (Wildman–Crippen MR) is 193 cm³/mol. The molecule has 0 aromatic heterocycles. The first kappa shape index (κ1) is 39.7. The molecule has 4 fully saturated rings. The summed E-state index contributed by atoms with van der Waals surface area (Å²) >= 11 is 0. The molecule has 15 atom stereocenters. The van der Waals surface area contributed by atoms with E-state index in [1.807, 2.05) is 20.8 Å². The van der Waals surface area contributed by atoms with E-state index in [0.29, 0.717) is 18.4 Å². The standard InChI is InChI=1S/C42H64O9/c1-14-21(2)36(47)50-29-17-27-32-23(4)22(3)30(51-37(48)24(5)25(6)43)19-39(32,10)15-16-41(27,12)42(13)20-31(49-26(7)44)33-38(8,9)35(46)28(45)18-40(33,11)34(29)42/h14,17,22-25,29-35,43,46H,15-16,18-20H2,1-13H3/b21-14-. The molecule has 0 saturated heterocycles. The topological polar surface area (TPSA) is 136 Å². The van der Waals surface area contributed by atoms with Gasteiger partial charge in [0.2, 0.25) is 0 Å². The highest BCUT2D eigenvalue weighted by molar-refractivity contribution is 5.88. The summed E-state index contributed by atoms with van der Waals surface area (Å²) in [6, 6.07) is 0. The van der Waals surface area contributed by atoms with Gasteiger partial charge in [0.05, 0.1) is 12.0 Å². The van der Waals surface area contributed by atoms with Crippen LogP contribution in [0.1, 0.15) is 122 Å². The molecule has 0 spiro atoms. The second kappa shape index (κ2) is 13.1. The monoisotopic (exact) mass is 712 g/mol. The minimum Gasteiger partial charge on any atom is -0.462 e. The normalized spacial score (nSPS) is 45.8. The van der Waals surface area contributed by atoms with Gasteiger partial charge in [0.25, 0.3) is 0 Å². The number of aliphatic hydroxyl groups is 2. The Kier molecular flexibility index (Phi) is 10.2. The first-order valence-electron chi connectivity index (χ1n) is 19.2. The smallest absolute Gasteiger partial charge is 0.333 e. The Bertz CT molecular complexity index is 1510. The van der Waals surface area contributed by atoms with E-state index in [-0.39, 0.29) is 59.3 Å². The maximum Gasteiger partial charge on any atom is 0.333 e. The lowest BCUT2D eigenvalue weighted by molar-refractivity contribution is -0.258. The van der Waals surface area contributed by atoms with Gasteiger partial charge in [0, 0.05) is 36.2 Å². The second-order valence-corrected chi connectivity index (χ2v) is 19.0. The van der Waals surface area contributed by atoms with E-state index < -0.39 is 63.9 Å². The molecule has 15 unspecified atom stereocenters. The fourth-order valence-electron chi connectivity index (χ4n) is 12.4. The van der Waals surface area contributed by atoms with Crippen LogP contribution in [0.3, 0.4) is 0 Å². The summed E-state index contributed by atoms with van der Waals surface area (Å²) in [5, 5.41) is 21.4. The van der Waals surface area contributed by atoms with Crippen molar-refractivity contribution >= 4 is 23.7 Å². The van der Waals surface area contributed by atoms with Crippen LogP contribution in [0.25, 0.3) is 0 Å². The summed E-state index contributed by atoms with van der Waals surface area (Å²) < 4.78 is 19.0. The molecule has 5 aliphatic carbocycles. The number of fused-ring (bicyclic) bond motifs is 7. The zero-order valence-corrected chi connectivity index (χ0v) is 33.3. The van der Waals surface area contributed by atoms with Gasteiger partial charge in [-0.2, -0.15) is 0 Å². The molecule has 0 heterocycles. The highest BCUT2D eigenvalue weighted by Crippen LogP contribution is 2.76. The molecule has 0 aromatic carbocycles. The third-order valence-electron chi connectivity index (χ3n) is 15.6. The molecule has 9 nitrogen and oxygen atoms in total. The van der Waals surface area contributed by atoms with Gasteiger partial charge in [-0.3, -0.25) is 14.4 Å². The average Bonchev–Trinajstić information content (AvgIpc) is 3.01. The van der Waals surface area contributed by atoms with E-state index in [0.717, 1.165) is 12.8 Å². The molecule has 5 rings (SSSR count). The Morgan fingerprint density at radius 2 is 1.53 bits per heavy atom. The number of ketones is 1. The summed E-state index contributed by atoms with van der Waals surface area (Å²) in [6.07, 6.45) is 3.36. The van der Waals surface area contributed by atoms with E-state index in [4.69, 9.17) is 14.2 Å². The molecule has 0 aromatic rings. The molecule has 2 N–H and O–H groups in total. The molecular weight excluding hydrogens is 648 g/mol. The van der Waals surface area contributed by atoms with Crippen molar-refractivity contribution < 1.29 is 43.6 Å². The number of hydrogen-bond donors (Lipinski definition) is 2. The molecule has 0 aliphatic heterocycles. The number of carbonyl (C=O) groups excluding carboxylic acids is 4. The van der Waals surface area contributed by atoms with Crippen LogP contribution in [0.5, 0.6) is 0 Å². The number of ether oxygens (including phenoxy) is 3. The number of allylic oxidation sites excluding steroid dienone is 2. The number of Topliss-reactive ketones (excluding diaryl/α,β-unsaturated/α-hetero) is 1. The highest BCUT2D eigenvalue weighted by Gasteiger charge is 2.74. The molecule has 286 valence electrons. The lowest BCUT2D eigenvalue weighted by Gasteiger charge is -2.72. The van der Waals surface area contributed by atoms with Gasteiger partial charge in [-0.15, -0.1) is 0 Å². The van der Waals surface area contributed by atoms with E-state index in [1.54, 1.807) is 26.8 Å². The van der Waals surface area contributed by atoms with Crippen LogP contribution >= 0.6 is 0 Å². The Labute approximate surface area is 305 Å². The highest BCUT2D eigenvalue weighted by atomic mass is 16.6. The summed E-state index contributed by atoms with van der Waals surface area (Å²) in [4.78, 5) is 53.4. The first-order chi connectivity index (χ1) is 23.4. The van der Waals surface area contributed by atoms with E-state index in [1.165, 1.54) is 12.5 Å². The van der Waals surface area contributed by atoms with Crippen LogP contribution in [-0.2, 0) is 33.4 Å². The van der Waals surface area contributed by atoms with E-state index in [2.05, 4.69) is 47.6 Å². The molecule has 0 radical (unpaired) electrons. The van der Waals surface area contributed by atoms with Crippen molar-refractivity contribution in [3.8, 4) is 0 Å². The van der Waals surface area contributed by atoms with Crippen molar-refractivity contribution in [2.45, 2.75) is 153 Å². The molecule has 0 bridgehead atoms. The largest absolute Gasteiger partial charge is 0.462 e. The average molecular weight is 713 g/mol. The molecule has 4 saturated carbocycles. The third-order valence-corrected chi connectivity index (χ3v) is 15.6. The maximum absolute atomic E-state index is 13.8. The van der Waals surface area contributed by atoms with Crippen molar-refractivity contribution in [3.05, 3.63) is 23.3 Å². The quantitative estimate of drug-likeness (QED) is 0.132. The molecule has 5 aliphatic rings. The number of esters is 3. The van der Waals surface area contributed by atoms with E-state index >= 15 is 0 Å². The Balaban J connectivity index is 1.69. The van der Waals surface area contributed by atoms with Crippen molar-refractivity contribution in [2.24, 2.45) is 62.6 Å². The van der Waals surface area contributed by atoms with Gasteiger partial charge in [0.1, 0.15) is 24.4 Å². The Morgan fingerprint density at radius 1 is 0.902 bits per heavy atom. The minimum absolute atomic E-state index is 0.0218. The van der Waals surface area contributed by atoms with Crippen molar-refractivity contribution in [3.63, 3.8) is 0 Å². The summed E-state index contributed by atoms with van der Waals surface area (Å²) in [5.74, 6) is -2.52. The summed E-state index contributed by atoms with van der Waals surface area (Å²) in [5.41, 5.74) is -1.16. The maximum atomic E-state index is 13.8. The lowest BCUT2D eigenvalue weighted by atomic mass is 9.32. The molecule has 0 amide bonds. The van der Waals surface area contributed by atoms with Crippen LogP contribution in [0.4, 0.5) is 0 Å². The zero-order valence-electron chi connectivity index (χ0n) is 33.3. The van der Waals surface area contributed by atoms with Crippen LogP contribution in [0.15, 0.2) is 23.3 Å². The summed E-state index contributed by atoms with van der Waals surface area (Å²) in [7, 11) is 0. The summed E-state index contributed by atoms with van der Waals surface area (Å²) in [6.45, 7) is 25.4. The van der Waals surface area contributed by atoms with Gasteiger partial charge in [-0.05, 0) is 98.9 Å². The number of hydrogen-bond acceptors (Lipinski definition) is 9.